The number of nitrogens with one attached hydrogen (secondary N) is 1. The molecule has 0 aromatic carbocycles. The lowest BCUT2D eigenvalue weighted by Crippen LogP contribution is -2.23. The molecule has 0 saturated carbocycles. The molecule has 0 aliphatic heterocycles. The Morgan fingerprint density at radius 2 is 2.12 bits per heavy atom. The molecule has 0 radical (unpaired) electrons. The predicted octanol–water partition coefficient (Wildman–Crippen LogP) is 2.41. The lowest BCUT2D eigenvalue weighted by atomic mass is 10.3. The molecule has 0 amide bonds. The average Bonchev–Trinajstić information content (AvgIpc) is 2.77. The number of rotatable bonds is 9. The zero-order valence-corrected chi connectivity index (χ0v) is 11.3. The van der Waals surface area contributed by atoms with Crippen LogP contribution in [0.3, 0.4) is 0 Å². The fraction of sp³-hybridized carbons (Fsp3) is 0.769. The summed E-state index contributed by atoms with van der Waals surface area (Å²) in [6.45, 7) is 11.4. The maximum absolute atomic E-state index is 5.34. The van der Waals surface area contributed by atoms with Crippen LogP contribution >= 0.6 is 0 Å². The molecule has 1 rings (SSSR count). The molecule has 1 aromatic heterocycles. The Balaban J connectivity index is 2.38. The Morgan fingerprint density at radius 1 is 1.29 bits per heavy atom. The van der Waals surface area contributed by atoms with Gasteiger partial charge >= 0.3 is 0 Å². The van der Waals surface area contributed by atoms with E-state index in [9.17, 15) is 0 Å². The number of nitrogens with zero attached hydrogens (tertiary/aromatic N) is 2. The van der Waals surface area contributed by atoms with Crippen molar-refractivity contribution < 1.29 is 4.52 Å². The van der Waals surface area contributed by atoms with Crippen LogP contribution in [0.2, 0.25) is 0 Å². The second-order valence-electron chi connectivity index (χ2n) is 4.33. The Morgan fingerprint density at radius 3 is 2.76 bits per heavy atom. The van der Waals surface area contributed by atoms with Crippen LogP contribution in [0.4, 0.5) is 0 Å². The molecule has 17 heavy (non-hydrogen) atoms. The van der Waals surface area contributed by atoms with Gasteiger partial charge in [-0.2, -0.15) is 0 Å². The first-order chi connectivity index (χ1) is 8.30. The third-order valence-corrected chi connectivity index (χ3v) is 2.71. The number of aromatic nitrogens is 1. The van der Waals surface area contributed by atoms with Gasteiger partial charge in [0.05, 0.1) is 12.2 Å². The molecular weight excluding hydrogens is 214 g/mol. The Hall–Kier alpha value is -0.870. The Bertz CT molecular complexity index is 299. The monoisotopic (exact) mass is 239 g/mol. The van der Waals surface area contributed by atoms with E-state index in [1.807, 2.05) is 0 Å². The molecule has 1 heterocycles. The smallest absolute Gasteiger partial charge is 0.151 e. The summed E-state index contributed by atoms with van der Waals surface area (Å²) < 4.78 is 5.34. The van der Waals surface area contributed by atoms with Crippen molar-refractivity contribution in [1.29, 1.82) is 0 Å². The van der Waals surface area contributed by atoms with E-state index in [0.717, 1.165) is 50.6 Å². The van der Waals surface area contributed by atoms with E-state index in [2.05, 4.69) is 42.2 Å². The summed E-state index contributed by atoms with van der Waals surface area (Å²) in [4.78, 5) is 2.36. The minimum absolute atomic E-state index is 0.803. The molecule has 98 valence electrons. The van der Waals surface area contributed by atoms with E-state index in [1.54, 1.807) is 0 Å². The quantitative estimate of drug-likeness (QED) is 0.672. The molecule has 0 aliphatic carbocycles. The van der Waals surface area contributed by atoms with E-state index >= 15 is 0 Å². The Kier molecular flexibility index (Phi) is 6.89. The third kappa shape index (κ3) is 5.33. The Labute approximate surface area is 104 Å². The van der Waals surface area contributed by atoms with Gasteiger partial charge in [-0.15, -0.1) is 0 Å². The summed E-state index contributed by atoms with van der Waals surface area (Å²) in [7, 11) is 0. The van der Waals surface area contributed by atoms with Gasteiger partial charge in [-0.25, -0.2) is 0 Å². The molecule has 1 aromatic rings. The molecule has 0 aliphatic rings. The molecule has 0 spiro atoms. The summed E-state index contributed by atoms with van der Waals surface area (Å²) in [6.07, 6.45) is 2.32. The zero-order valence-electron chi connectivity index (χ0n) is 11.3. The minimum Gasteiger partial charge on any atom is -0.360 e. The normalized spacial score (nSPS) is 11.3. The van der Waals surface area contributed by atoms with Gasteiger partial charge < -0.3 is 9.84 Å². The average molecular weight is 239 g/mol. The molecule has 0 atom stereocenters. The van der Waals surface area contributed by atoms with Gasteiger partial charge in [0.25, 0.3) is 0 Å². The number of hydrogen-bond acceptors (Lipinski definition) is 4. The summed E-state index contributed by atoms with van der Waals surface area (Å²) in [6, 6.07) is 2.06. The van der Waals surface area contributed by atoms with Gasteiger partial charge in [0, 0.05) is 12.6 Å². The highest BCUT2D eigenvalue weighted by molar-refractivity contribution is 5.05. The first-order valence-electron chi connectivity index (χ1n) is 6.67. The van der Waals surface area contributed by atoms with Crippen molar-refractivity contribution in [2.75, 3.05) is 19.6 Å². The molecule has 0 saturated heterocycles. The van der Waals surface area contributed by atoms with E-state index in [-0.39, 0.29) is 0 Å². The van der Waals surface area contributed by atoms with Crippen LogP contribution in [0, 0.1) is 0 Å². The van der Waals surface area contributed by atoms with E-state index in [0.29, 0.717) is 0 Å². The van der Waals surface area contributed by atoms with E-state index in [4.69, 9.17) is 4.52 Å². The van der Waals surface area contributed by atoms with Crippen molar-refractivity contribution >= 4 is 0 Å². The lowest BCUT2D eigenvalue weighted by molar-refractivity contribution is 0.241. The van der Waals surface area contributed by atoms with Crippen LogP contribution in [0.5, 0.6) is 0 Å². The molecule has 0 bridgehead atoms. The molecule has 4 nitrogen and oxygen atoms in total. The van der Waals surface area contributed by atoms with Gasteiger partial charge in [0.1, 0.15) is 0 Å². The van der Waals surface area contributed by atoms with Crippen molar-refractivity contribution in [3.8, 4) is 0 Å². The van der Waals surface area contributed by atoms with Crippen LogP contribution in [0.15, 0.2) is 10.6 Å². The highest BCUT2D eigenvalue weighted by atomic mass is 16.5. The van der Waals surface area contributed by atoms with Crippen LogP contribution < -0.4 is 5.32 Å². The fourth-order valence-corrected chi connectivity index (χ4v) is 1.79. The largest absolute Gasteiger partial charge is 0.360 e. The number of hydrogen-bond donors (Lipinski definition) is 1. The van der Waals surface area contributed by atoms with Crippen LogP contribution in [0.1, 0.15) is 45.1 Å². The van der Waals surface area contributed by atoms with Crippen LogP contribution in [-0.4, -0.2) is 29.7 Å². The zero-order chi connectivity index (χ0) is 12.5. The third-order valence-electron chi connectivity index (χ3n) is 2.71. The van der Waals surface area contributed by atoms with Gasteiger partial charge in [-0.05, 0) is 32.5 Å². The fourth-order valence-electron chi connectivity index (χ4n) is 1.79. The first kappa shape index (κ1) is 14.2. The van der Waals surface area contributed by atoms with Crippen molar-refractivity contribution in [2.24, 2.45) is 0 Å². The van der Waals surface area contributed by atoms with E-state index in [1.165, 1.54) is 6.42 Å². The second-order valence-corrected chi connectivity index (χ2v) is 4.33. The van der Waals surface area contributed by atoms with Gasteiger partial charge in [0.15, 0.2) is 5.76 Å². The summed E-state index contributed by atoms with van der Waals surface area (Å²) in [5.74, 6) is 0.966. The topological polar surface area (TPSA) is 41.3 Å². The van der Waals surface area contributed by atoms with E-state index < -0.39 is 0 Å². The van der Waals surface area contributed by atoms with Gasteiger partial charge in [0.2, 0.25) is 0 Å². The van der Waals surface area contributed by atoms with Crippen LogP contribution in [0.25, 0.3) is 0 Å². The standard InChI is InChI=1S/C13H25N3O/c1-4-7-14-10-12-9-13(17-15-12)11-16(6-3)8-5-2/h9,14H,4-8,10-11H2,1-3H3. The van der Waals surface area contributed by atoms with Crippen molar-refractivity contribution in [1.82, 2.24) is 15.4 Å². The molecule has 0 unspecified atom stereocenters. The summed E-state index contributed by atoms with van der Waals surface area (Å²) in [5, 5.41) is 7.39. The van der Waals surface area contributed by atoms with Crippen molar-refractivity contribution in [3.63, 3.8) is 0 Å². The highest BCUT2D eigenvalue weighted by Gasteiger charge is 2.08. The minimum atomic E-state index is 0.803. The highest BCUT2D eigenvalue weighted by Crippen LogP contribution is 2.07. The molecular formula is C13H25N3O. The SMILES string of the molecule is CCCNCc1cc(CN(CC)CCC)on1. The predicted molar refractivity (Wildman–Crippen MR) is 69.7 cm³/mol. The summed E-state index contributed by atoms with van der Waals surface area (Å²) in [5.41, 5.74) is 1.00. The first-order valence-corrected chi connectivity index (χ1v) is 6.67. The van der Waals surface area contributed by atoms with Crippen LogP contribution in [-0.2, 0) is 13.1 Å². The molecule has 4 heteroatoms. The summed E-state index contributed by atoms with van der Waals surface area (Å²) >= 11 is 0. The second kappa shape index (κ2) is 8.25. The maximum atomic E-state index is 5.34. The van der Waals surface area contributed by atoms with Gasteiger partial charge in [-0.3, -0.25) is 4.90 Å². The maximum Gasteiger partial charge on any atom is 0.151 e. The van der Waals surface area contributed by atoms with Gasteiger partial charge in [-0.1, -0.05) is 25.9 Å². The lowest BCUT2D eigenvalue weighted by Gasteiger charge is -2.16. The van der Waals surface area contributed by atoms with Crippen molar-refractivity contribution in [2.45, 2.75) is 46.7 Å². The molecule has 0 fully saturated rings. The molecule has 1 N–H and O–H groups in total. The van der Waals surface area contributed by atoms with Crippen molar-refractivity contribution in [3.05, 3.63) is 17.5 Å².